The minimum absolute atomic E-state index is 0.0694. The molecule has 1 aromatic carbocycles. The monoisotopic (exact) mass is 312 g/mol. The van der Waals surface area contributed by atoms with Crippen LogP contribution in [0.15, 0.2) is 61.4 Å². The Morgan fingerprint density at radius 2 is 1.91 bits per heavy atom. The predicted molar refractivity (Wildman–Crippen MR) is 97.6 cm³/mol. The maximum atomic E-state index is 11.2. The maximum absolute atomic E-state index is 11.2. The first-order valence-electron chi connectivity index (χ1n) is 8.21. The predicted octanol–water partition coefficient (Wildman–Crippen LogP) is 5.68. The fraction of sp³-hybridized carbons (Fsp3) is 0.381. The molecule has 0 saturated carbocycles. The standard InChI is InChI=1S/C21H28O2/c1-6-18(7-2)10-8-9-17(5)23-20-13-11-19(12-14-20)21(15-22)16(3)4/h6,8,10-16,18,21H,1,5,7,9H2,2-4H3/b10-8-. The summed E-state index contributed by atoms with van der Waals surface area (Å²) in [7, 11) is 0. The summed E-state index contributed by atoms with van der Waals surface area (Å²) in [4.78, 5) is 11.2. The van der Waals surface area contributed by atoms with Gasteiger partial charge in [0.1, 0.15) is 17.8 Å². The molecule has 2 atom stereocenters. The third kappa shape index (κ3) is 6.27. The van der Waals surface area contributed by atoms with Crippen molar-refractivity contribution in [1.82, 2.24) is 0 Å². The average molecular weight is 312 g/mol. The first-order chi connectivity index (χ1) is 11.0. The fourth-order valence-electron chi connectivity index (χ4n) is 2.34. The zero-order valence-electron chi connectivity index (χ0n) is 14.5. The van der Waals surface area contributed by atoms with Gasteiger partial charge in [-0.25, -0.2) is 0 Å². The van der Waals surface area contributed by atoms with Crippen molar-refractivity contribution in [2.45, 2.75) is 39.5 Å². The molecule has 0 radical (unpaired) electrons. The van der Waals surface area contributed by atoms with E-state index >= 15 is 0 Å². The lowest BCUT2D eigenvalue weighted by atomic mass is 9.90. The van der Waals surface area contributed by atoms with E-state index in [0.29, 0.717) is 18.1 Å². The molecule has 0 amide bonds. The van der Waals surface area contributed by atoms with Gasteiger partial charge in [-0.15, -0.1) is 6.58 Å². The highest BCUT2D eigenvalue weighted by atomic mass is 16.5. The average Bonchev–Trinajstić information content (AvgIpc) is 2.53. The van der Waals surface area contributed by atoms with E-state index in [1.54, 1.807) is 0 Å². The molecule has 124 valence electrons. The minimum Gasteiger partial charge on any atom is -0.462 e. The van der Waals surface area contributed by atoms with Crippen LogP contribution in [0.4, 0.5) is 0 Å². The van der Waals surface area contributed by atoms with Crippen LogP contribution >= 0.6 is 0 Å². The maximum Gasteiger partial charge on any atom is 0.127 e. The molecule has 0 heterocycles. The Labute approximate surface area is 140 Å². The van der Waals surface area contributed by atoms with Gasteiger partial charge in [-0.2, -0.15) is 0 Å². The van der Waals surface area contributed by atoms with Crippen LogP contribution in [0.25, 0.3) is 0 Å². The van der Waals surface area contributed by atoms with Gasteiger partial charge < -0.3 is 9.53 Å². The van der Waals surface area contributed by atoms with E-state index in [1.165, 1.54) is 0 Å². The summed E-state index contributed by atoms with van der Waals surface area (Å²) in [6.45, 7) is 14.0. The molecular formula is C21H28O2. The van der Waals surface area contributed by atoms with Gasteiger partial charge in [0, 0.05) is 12.3 Å². The molecule has 2 heteroatoms. The Kier molecular flexibility index (Phi) is 8.10. The van der Waals surface area contributed by atoms with Gasteiger partial charge in [-0.3, -0.25) is 0 Å². The molecule has 23 heavy (non-hydrogen) atoms. The van der Waals surface area contributed by atoms with Crippen molar-refractivity contribution in [3.63, 3.8) is 0 Å². The van der Waals surface area contributed by atoms with E-state index in [2.05, 4.69) is 32.2 Å². The molecule has 0 spiro atoms. The summed E-state index contributed by atoms with van der Waals surface area (Å²) >= 11 is 0. The Bertz CT molecular complexity index is 537. The van der Waals surface area contributed by atoms with Crippen LogP contribution in [0.5, 0.6) is 5.75 Å². The molecule has 2 unspecified atom stereocenters. The summed E-state index contributed by atoms with van der Waals surface area (Å²) in [6.07, 6.45) is 8.86. The number of aldehydes is 1. The molecule has 2 nitrogen and oxygen atoms in total. The molecule has 0 aliphatic heterocycles. The Balaban J connectivity index is 2.59. The van der Waals surface area contributed by atoms with Gasteiger partial charge in [0.25, 0.3) is 0 Å². The summed E-state index contributed by atoms with van der Waals surface area (Å²) in [5.41, 5.74) is 1.02. The highest BCUT2D eigenvalue weighted by molar-refractivity contribution is 5.62. The minimum atomic E-state index is -0.0694. The topological polar surface area (TPSA) is 26.3 Å². The lowest BCUT2D eigenvalue weighted by molar-refractivity contribution is -0.109. The second-order valence-electron chi connectivity index (χ2n) is 6.06. The second-order valence-corrected chi connectivity index (χ2v) is 6.06. The highest BCUT2D eigenvalue weighted by Crippen LogP contribution is 2.25. The van der Waals surface area contributed by atoms with Crippen molar-refractivity contribution in [3.05, 3.63) is 67.0 Å². The molecule has 0 fully saturated rings. The van der Waals surface area contributed by atoms with Crippen LogP contribution in [0.2, 0.25) is 0 Å². The zero-order valence-corrected chi connectivity index (χ0v) is 14.5. The van der Waals surface area contributed by atoms with Crippen LogP contribution in [0.3, 0.4) is 0 Å². The van der Waals surface area contributed by atoms with Gasteiger partial charge in [0.2, 0.25) is 0 Å². The first kappa shape index (κ1) is 19.0. The molecular weight excluding hydrogens is 284 g/mol. The lowest BCUT2D eigenvalue weighted by Crippen LogP contribution is -2.07. The summed E-state index contributed by atoms with van der Waals surface area (Å²) in [5, 5.41) is 0. The van der Waals surface area contributed by atoms with Crippen LogP contribution in [0, 0.1) is 11.8 Å². The van der Waals surface area contributed by atoms with Gasteiger partial charge in [-0.05, 0) is 36.0 Å². The SMILES string of the molecule is C=CC(/C=C\CC(=C)Oc1ccc(C(C=O)C(C)C)cc1)CC. The number of benzene rings is 1. The molecule has 0 aliphatic carbocycles. The molecule has 0 aliphatic rings. The number of ether oxygens (including phenoxy) is 1. The van der Waals surface area contributed by atoms with Gasteiger partial charge in [0.05, 0.1) is 0 Å². The Morgan fingerprint density at radius 3 is 2.39 bits per heavy atom. The van der Waals surface area contributed by atoms with E-state index < -0.39 is 0 Å². The van der Waals surface area contributed by atoms with Crippen LogP contribution < -0.4 is 4.74 Å². The molecule has 0 bridgehead atoms. The third-order valence-corrected chi connectivity index (χ3v) is 3.89. The Hall–Kier alpha value is -2.09. The van der Waals surface area contributed by atoms with Gasteiger partial charge >= 0.3 is 0 Å². The summed E-state index contributed by atoms with van der Waals surface area (Å²) < 4.78 is 5.73. The van der Waals surface area contributed by atoms with Crippen molar-refractivity contribution in [2.24, 2.45) is 11.8 Å². The number of hydrogen-bond acceptors (Lipinski definition) is 2. The van der Waals surface area contributed by atoms with E-state index in [9.17, 15) is 4.79 Å². The van der Waals surface area contributed by atoms with Crippen LogP contribution in [-0.4, -0.2) is 6.29 Å². The largest absolute Gasteiger partial charge is 0.462 e. The van der Waals surface area contributed by atoms with E-state index in [0.717, 1.165) is 24.0 Å². The van der Waals surface area contributed by atoms with Crippen molar-refractivity contribution in [2.75, 3.05) is 0 Å². The smallest absolute Gasteiger partial charge is 0.127 e. The van der Waals surface area contributed by atoms with Crippen LogP contribution in [0.1, 0.15) is 45.1 Å². The van der Waals surface area contributed by atoms with E-state index in [1.807, 2.05) is 44.2 Å². The van der Waals surface area contributed by atoms with Crippen LogP contribution in [-0.2, 0) is 4.79 Å². The van der Waals surface area contributed by atoms with Crippen molar-refractivity contribution >= 4 is 6.29 Å². The van der Waals surface area contributed by atoms with E-state index in [-0.39, 0.29) is 11.8 Å². The number of hydrogen-bond donors (Lipinski definition) is 0. The number of carbonyl (C=O) groups is 1. The molecule has 1 aromatic rings. The third-order valence-electron chi connectivity index (χ3n) is 3.89. The first-order valence-corrected chi connectivity index (χ1v) is 8.21. The van der Waals surface area contributed by atoms with Crippen molar-refractivity contribution in [1.29, 1.82) is 0 Å². The highest BCUT2D eigenvalue weighted by Gasteiger charge is 2.14. The normalized spacial score (nSPS) is 13.7. The van der Waals surface area contributed by atoms with Crippen molar-refractivity contribution in [3.8, 4) is 5.75 Å². The fourth-order valence-corrected chi connectivity index (χ4v) is 2.34. The quantitative estimate of drug-likeness (QED) is 0.316. The Morgan fingerprint density at radius 1 is 1.26 bits per heavy atom. The number of rotatable bonds is 10. The summed E-state index contributed by atoms with van der Waals surface area (Å²) in [6, 6.07) is 7.67. The van der Waals surface area contributed by atoms with Gasteiger partial charge in [-0.1, -0.05) is 57.7 Å². The molecule has 0 N–H and O–H groups in total. The zero-order chi connectivity index (χ0) is 17.2. The second kappa shape index (κ2) is 9.83. The molecule has 0 saturated heterocycles. The molecule has 0 aromatic heterocycles. The van der Waals surface area contributed by atoms with Gasteiger partial charge in [0.15, 0.2) is 0 Å². The van der Waals surface area contributed by atoms with Crippen molar-refractivity contribution < 1.29 is 9.53 Å². The number of allylic oxidation sites excluding steroid dienone is 3. The number of carbonyl (C=O) groups excluding carboxylic acids is 1. The van der Waals surface area contributed by atoms with E-state index in [4.69, 9.17) is 4.74 Å². The lowest BCUT2D eigenvalue weighted by Gasteiger charge is -2.15. The summed E-state index contributed by atoms with van der Waals surface area (Å²) in [5.74, 6) is 2.06. The molecule has 1 rings (SSSR count).